The van der Waals surface area contributed by atoms with Gasteiger partial charge in [0, 0.05) is 35.8 Å². The predicted octanol–water partition coefficient (Wildman–Crippen LogP) is 3.56. The van der Waals surface area contributed by atoms with Gasteiger partial charge in [-0.15, -0.1) is 0 Å². The smallest absolute Gasteiger partial charge is 0.0671 e. The molecule has 3 rings (SSSR count). The molecule has 0 spiro atoms. The van der Waals surface area contributed by atoms with Gasteiger partial charge in [-0.1, -0.05) is 18.2 Å². The maximum atomic E-state index is 5.61. The second kappa shape index (κ2) is 5.98. The molecule has 1 aromatic heterocycles. The van der Waals surface area contributed by atoms with Crippen LogP contribution in [0.5, 0.6) is 0 Å². The third-order valence-corrected chi connectivity index (χ3v) is 4.22. The van der Waals surface area contributed by atoms with E-state index in [4.69, 9.17) is 4.74 Å². The fourth-order valence-corrected chi connectivity index (χ4v) is 3.27. The molecule has 2 atom stereocenters. The summed E-state index contributed by atoms with van der Waals surface area (Å²) in [6, 6.07) is 9.08. The molecule has 1 aliphatic rings. The molecule has 2 unspecified atom stereocenters. The molecule has 0 saturated heterocycles. The minimum Gasteiger partial charge on any atom is -0.377 e. The Morgan fingerprint density at radius 2 is 2.25 bits per heavy atom. The number of aromatic nitrogens is 1. The summed E-state index contributed by atoms with van der Waals surface area (Å²) in [6.45, 7) is 5.87. The molecule has 1 aromatic carbocycles. The van der Waals surface area contributed by atoms with Crippen LogP contribution in [-0.2, 0) is 11.2 Å². The Kier molecular flexibility index (Phi) is 4.08. The van der Waals surface area contributed by atoms with E-state index >= 15 is 0 Å². The molecule has 2 N–H and O–H groups in total. The zero-order valence-electron chi connectivity index (χ0n) is 12.4. The number of aromatic amines is 1. The number of ether oxygens (including phenoxy) is 1. The minimum absolute atomic E-state index is 0.273. The van der Waals surface area contributed by atoms with Crippen LogP contribution in [0.25, 0.3) is 10.9 Å². The molecule has 20 heavy (non-hydrogen) atoms. The van der Waals surface area contributed by atoms with E-state index in [9.17, 15) is 0 Å². The molecular weight excluding hydrogens is 248 g/mol. The number of benzene rings is 1. The van der Waals surface area contributed by atoms with Gasteiger partial charge in [0.15, 0.2) is 0 Å². The Labute approximate surface area is 120 Å². The lowest BCUT2D eigenvalue weighted by molar-refractivity contribution is 0.0733. The molecule has 3 nitrogen and oxygen atoms in total. The van der Waals surface area contributed by atoms with E-state index in [0.717, 1.165) is 13.2 Å². The third-order valence-electron chi connectivity index (χ3n) is 4.22. The van der Waals surface area contributed by atoms with Crippen LogP contribution in [0.4, 0.5) is 0 Å². The van der Waals surface area contributed by atoms with Crippen molar-refractivity contribution in [3.63, 3.8) is 0 Å². The Hall–Kier alpha value is -1.32. The Balaban J connectivity index is 1.79. The van der Waals surface area contributed by atoms with Crippen LogP contribution in [0.2, 0.25) is 0 Å². The number of nitrogens with one attached hydrogen (secondary N) is 2. The summed E-state index contributed by atoms with van der Waals surface area (Å²) in [5.41, 5.74) is 4.17. The van der Waals surface area contributed by atoms with Crippen LogP contribution >= 0.6 is 0 Å². The summed E-state index contributed by atoms with van der Waals surface area (Å²) in [5, 5.41) is 5.06. The van der Waals surface area contributed by atoms with E-state index in [1.807, 2.05) is 6.92 Å². The molecule has 0 amide bonds. The van der Waals surface area contributed by atoms with Crippen molar-refractivity contribution in [1.29, 1.82) is 0 Å². The fraction of sp³-hybridized carbons (Fsp3) is 0.529. The number of para-hydroxylation sites is 1. The second-order valence-corrected chi connectivity index (χ2v) is 5.68. The molecule has 0 aliphatic heterocycles. The van der Waals surface area contributed by atoms with Crippen molar-refractivity contribution in [2.45, 2.75) is 45.3 Å². The van der Waals surface area contributed by atoms with Gasteiger partial charge in [-0.3, -0.25) is 0 Å². The first-order valence-electron chi connectivity index (χ1n) is 7.74. The summed E-state index contributed by atoms with van der Waals surface area (Å²) in [4.78, 5) is 3.62. The summed E-state index contributed by atoms with van der Waals surface area (Å²) < 4.78 is 5.61. The number of rotatable bonds is 5. The van der Waals surface area contributed by atoms with Gasteiger partial charge in [-0.05, 0) is 44.7 Å². The molecular formula is C17H24N2O. The van der Waals surface area contributed by atoms with Crippen molar-refractivity contribution in [3.05, 3.63) is 35.5 Å². The van der Waals surface area contributed by atoms with Crippen molar-refractivity contribution in [1.82, 2.24) is 10.3 Å². The van der Waals surface area contributed by atoms with Gasteiger partial charge in [-0.25, -0.2) is 0 Å². The standard InChI is InChI=1S/C17H24N2O/c1-3-20-12(2)11-18-16-10-6-8-14-13-7-4-5-9-15(13)19-17(14)16/h4-5,7,9,12,16,18-19H,3,6,8,10-11H2,1-2H3. The van der Waals surface area contributed by atoms with Crippen molar-refractivity contribution in [3.8, 4) is 0 Å². The lowest BCUT2D eigenvalue weighted by atomic mass is 9.91. The molecule has 0 fully saturated rings. The largest absolute Gasteiger partial charge is 0.377 e. The number of aryl methyl sites for hydroxylation is 1. The summed E-state index contributed by atoms with van der Waals surface area (Å²) in [7, 11) is 0. The number of fused-ring (bicyclic) bond motifs is 3. The maximum Gasteiger partial charge on any atom is 0.0671 e. The van der Waals surface area contributed by atoms with Crippen molar-refractivity contribution in [2.24, 2.45) is 0 Å². The Morgan fingerprint density at radius 1 is 1.40 bits per heavy atom. The third kappa shape index (κ3) is 2.60. The summed E-state index contributed by atoms with van der Waals surface area (Å²) >= 11 is 0. The van der Waals surface area contributed by atoms with E-state index in [1.54, 1.807) is 0 Å². The minimum atomic E-state index is 0.273. The van der Waals surface area contributed by atoms with Gasteiger partial charge in [0.2, 0.25) is 0 Å². The normalized spacial score (nSPS) is 20.0. The lowest BCUT2D eigenvalue weighted by Crippen LogP contribution is -2.32. The van der Waals surface area contributed by atoms with Crippen LogP contribution < -0.4 is 5.32 Å². The van der Waals surface area contributed by atoms with Gasteiger partial charge in [0.1, 0.15) is 0 Å². The Morgan fingerprint density at radius 3 is 3.10 bits per heavy atom. The molecule has 0 bridgehead atoms. The van der Waals surface area contributed by atoms with E-state index < -0.39 is 0 Å². The van der Waals surface area contributed by atoms with Crippen LogP contribution in [0.1, 0.15) is 44.0 Å². The Bertz CT molecular complexity index is 575. The molecule has 108 valence electrons. The molecule has 2 aromatic rings. The van der Waals surface area contributed by atoms with Gasteiger partial charge in [-0.2, -0.15) is 0 Å². The molecule has 1 aliphatic carbocycles. The highest BCUT2D eigenvalue weighted by Gasteiger charge is 2.23. The summed E-state index contributed by atoms with van der Waals surface area (Å²) in [6.07, 6.45) is 3.93. The maximum absolute atomic E-state index is 5.61. The first kappa shape index (κ1) is 13.7. The monoisotopic (exact) mass is 272 g/mol. The topological polar surface area (TPSA) is 37.0 Å². The van der Waals surface area contributed by atoms with Crippen LogP contribution in [-0.4, -0.2) is 24.2 Å². The predicted molar refractivity (Wildman–Crippen MR) is 83.1 cm³/mol. The molecule has 0 radical (unpaired) electrons. The number of hydrogen-bond acceptors (Lipinski definition) is 2. The highest BCUT2D eigenvalue weighted by Crippen LogP contribution is 2.34. The van der Waals surface area contributed by atoms with Gasteiger partial charge < -0.3 is 15.0 Å². The zero-order chi connectivity index (χ0) is 13.9. The quantitative estimate of drug-likeness (QED) is 0.873. The highest BCUT2D eigenvalue weighted by molar-refractivity contribution is 5.85. The zero-order valence-corrected chi connectivity index (χ0v) is 12.4. The van der Waals surface area contributed by atoms with E-state index in [2.05, 4.69) is 41.5 Å². The lowest BCUT2D eigenvalue weighted by Gasteiger charge is -2.25. The van der Waals surface area contributed by atoms with Crippen molar-refractivity contribution in [2.75, 3.05) is 13.2 Å². The van der Waals surface area contributed by atoms with Gasteiger partial charge in [0.25, 0.3) is 0 Å². The van der Waals surface area contributed by atoms with Gasteiger partial charge >= 0.3 is 0 Å². The number of hydrogen-bond donors (Lipinski definition) is 2. The average Bonchev–Trinajstić information content (AvgIpc) is 2.84. The highest BCUT2D eigenvalue weighted by atomic mass is 16.5. The summed E-state index contributed by atoms with van der Waals surface area (Å²) in [5.74, 6) is 0. The van der Waals surface area contributed by atoms with Crippen LogP contribution in [0.3, 0.4) is 0 Å². The van der Waals surface area contributed by atoms with E-state index in [1.165, 1.54) is 41.4 Å². The van der Waals surface area contributed by atoms with Crippen LogP contribution in [0, 0.1) is 0 Å². The average molecular weight is 272 g/mol. The first-order valence-corrected chi connectivity index (χ1v) is 7.74. The van der Waals surface area contributed by atoms with Crippen LogP contribution in [0.15, 0.2) is 24.3 Å². The van der Waals surface area contributed by atoms with Crippen molar-refractivity contribution >= 4 is 10.9 Å². The SMILES string of the molecule is CCOC(C)CNC1CCCc2c1[nH]c1ccccc21. The fourth-order valence-electron chi connectivity index (χ4n) is 3.27. The van der Waals surface area contributed by atoms with Crippen molar-refractivity contribution < 1.29 is 4.74 Å². The molecule has 3 heteroatoms. The van der Waals surface area contributed by atoms with E-state index in [-0.39, 0.29) is 6.10 Å². The molecule has 1 heterocycles. The number of H-pyrrole nitrogens is 1. The van der Waals surface area contributed by atoms with Gasteiger partial charge in [0.05, 0.1) is 6.10 Å². The molecule has 0 saturated carbocycles. The second-order valence-electron chi connectivity index (χ2n) is 5.68. The first-order chi connectivity index (χ1) is 9.79. The van der Waals surface area contributed by atoms with E-state index in [0.29, 0.717) is 6.04 Å².